The highest BCUT2D eigenvalue weighted by atomic mass is 15.3. The third-order valence-corrected chi connectivity index (χ3v) is 3.88. The van der Waals surface area contributed by atoms with E-state index in [2.05, 4.69) is 23.2 Å². The number of aryl methyl sites for hydroxylation is 2. The third kappa shape index (κ3) is 2.38. The minimum atomic E-state index is 0.781. The van der Waals surface area contributed by atoms with Gasteiger partial charge in [-0.1, -0.05) is 42.5 Å². The van der Waals surface area contributed by atoms with Crippen LogP contribution < -0.4 is 0 Å². The van der Waals surface area contributed by atoms with E-state index in [0.29, 0.717) is 0 Å². The van der Waals surface area contributed by atoms with Crippen LogP contribution in [-0.4, -0.2) is 19.7 Å². The van der Waals surface area contributed by atoms with Crippen LogP contribution in [0.5, 0.6) is 0 Å². The maximum atomic E-state index is 4.75. The van der Waals surface area contributed by atoms with E-state index in [0.717, 1.165) is 39.5 Å². The van der Waals surface area contributed by atoms with Crippen LogP contribution in [0.15, 0.2) is 60.7 Å². The summed E-state index contributed by atoms with van der Waals surface area (Å²) in [6.45, 7) is 4.01. The van der Waals surface area contributed by atoms with E-state index in [4.69, 9.17) is 10.1 Å². The number of hydrogen-bond acceptors (Lipinski definition) is 3. The third-order valence-electron chi connectivity index (χ3n) is 3.88. The van der Waals surface area contributed by atoms with Crippen molar-refractivity contribution in [3.8, 4) is 17.1 Å². The van der Waals surface area contributed by atoms with Gasteiger partial charge in [0.15, 0.2) is 5.82 Å². The van der Waals surface area contributed by atoms with Crippen molar-refractivity contribution in [2.24, 2.45) is 0 Å². The molecule has 0 unspecified atom stereocenters. The first kappa shape index (κ1) is 13.6. The van der Waals surface area contributed by atoms with Crippen LogP contribution in [0, 0.1) is 13.8 Å². The minimum absolute atomic E-state index is 0.781. The molecule has 4 heteroatoms. The summed E-state index contributed by atoms with van der Waals surface area (Å²) in [4.78, 5) is 9.40. The van der Waals surface area contributed by atoms with Crippen molar-refractivity contribution in [2.75, 3.05) is 0 Å². The van der Waals surface area contributed by atoms with Crippen molar-refractivity contribution in [3.05, 3.63) is 72.1 Å². The lowest BCUT2D eigenvalue weighted by Crippen LogP contribution is -2.06. The summed E-state index contributed by atoms with van der Waals surface area (Å²) >= 11 is 0. The zero-order valence-corrected chi connectivity index (χ0v) is 13.1. The summed E-state index contributed by atoms with van der Waals surface area (Å²) in [5, 5.41) is 4.73. The van der Waals surface area contributed by atoms with Gasteiger partial charge in [0.1, 0.15) is 0 Å². The maximum absolute atomic E-state index is 4.75. The molecular formula is C19H16N4. The zero-order chi connectivity index (χ0) is 15.8. The monoisotopic (exact) mass is 300 g/mol. The average Bonchev–Trinajstić information content (AvgIpc) is 2.97. The van der Waals surface area contributed by atoms with Crippen LogP contribution in [0.25, 0.3) is 28.1 Å². The number of hydrogen-bond donors (Lipinski definition) is 0. The van der Waals surface area contributed by atoms with Gasteiger partial charge in [-0.15, -0.1) is 0 Å². The second kappa shape index (κ2) is 5.32. The second-order valence-electron chi connectivity index (χ2n) is 5.57. The minimum Gasteiger partial charge on any atom is -0.248 e. The zero-order valence-electron chi connectivity index (χ0n) is 13.1. The van der Waals surface area contributed by atoms with Gasteiger partial charge in [0, 0.05) is 11.3 Å². The molecule has 2 heterocycles. The Kier molecular flexibility index (Phi) is 3.15. The molecule has 0 atom stereocenters. The molecule has 112 valence electrons. The lowest BCUT2D eigenvalue weighted by molar-refractivity contribution is 0.809. The van der Waals surface area contributed by atoms with Gasteiger partial charge in [0.25, 0.3) is 0 Å². The van der Waals surface area contributed by atoms with Crippen LogP contribution in [0.2, 0.25) is 0 Å². The number of fused-ring (bicyclic) bond motifs is 1. The number of nitrogens with zero attached hydrogens (tertiary/aromatic N) is 4. The van der Waals surface area contributed by atoms with E-state index >= 15 is 0 Å². The van der Waals surface area contributed by atoms with Crippen LogP contribution in [0.1, 0.15) is 11.4 Å². The summed E-state index contributed by atoms with van der Waals surface area (Å²) in [5.74, 6) is 0.781. The molecule has 0 N–H and O–H groups in total. The predicted molar refractivity (Wildman–Crippen MR) is 91.6 cm³/mol. The molecule has 0 saturated heterocycles. The van der Waals surface area contributed by atoms with Gasteiger partial charge in [-0.05, 0) is 32.0 Å². The molecule has 4 aromatic rings. The topological polar surface area (TPSA) is 43.6 Å². The second-order valence-corrected chi connectivity index (χ2v) is 5.57. The number of benzene rings is 2. The van der Waals surface area contributed by atoms with Crippen LogP contribution >= 0.6 is 0 Å². The largest absolute Gasteiger partial charge is 0.248 e. The molecule has 0 saturated carbocycles. The Morgan fingerprint density at radius 3 is 2.17 bits per heavy atom. The lowest BCUT2D eigenvalue weighted by Gasteiger charge is -2.08. The number of rotatable bonds is 2. The van der Waals surface area contributed by atoms with Crippen molar-refractivity contribution in [3.63, 3.8) is 0 Å². The van der Waals surface area contributed by atoms with Gasteiger partial charge in [0.2, 0.25) is 0 Å². The van der Waals surface area contributed by atoms with Gasteiger partial charge < -0.3 is 0 Å². The molecule has 23 heavy (non-hydrogen) atoms. The highest BCUT2D eigenvalue weighted by Gasteiger charge is 2.13. The fourth-order valence-electron chi connectivity index (χ4n) is 2.72. The molecule has 0 aliphatic carbocycles. The molecule has 2 aromatic carbocycles. The predicted octanol–water partition coefficient (Wildman–Crippen LogP) is 4.10. The van der Waals surface area contributed by atoms with Gasteiger partial charge in [0.05, 0.1) is 22.4 Å². The van der Waals surface area contributed by atoms with Gasteiger partial charge in [-0.25, -0.2) is 14.6 Å². The Morgan fingerprint density at radius 1 is 0.783 bits per heavy atom. The molecule has 0 spiro atoms. The standard InChI is InChI=1S/C19H16N4/c1-13-12-18(15-8-4-3-5-9-15)22-23(13)19-14(2)20-16-10-6-7-11-17(16)21-19/h3-12H,1-2H3. The van der Waals surface area contributed by atoms with Gasteiger partial charge >= 0.3 is 0 Å². The first-order valence-electron chi connectivity index (χ1n) is 7.58. The van der Waals surface area contributed by atoms with E-state index in [9.17, 15) is 0 Å². The van der Waals surface area contributed by atoms with Crippen LogP contribution in [0.3, 0.4) is 0 Å². The Morgan fingerprint density at radius 2 is 1.43 bits per heavy atom. The van der Waals surface area contributed by atoms with E-state index < -0.39 is 0 Å². The quantitative estimate of drug-likeness (QED) is 0.560. The first-order valence-corrected chi connectivity index (χ1v) is 7.58. The molecule has 0 radical (unpaired) electrons. The summed E-state index contributed by atoms with van der Waals surface area (Å²) in [6.07, 6.45) is 0. The molecule has 2 aromatic heterocycles. The highest BCUT2D eigenvalue weighted by molar-refractivity contribution is 5.75. The summed E-state index contributed by atoms with van der Waals surface area (Å²) in [6, 6.07) is 20.1. The van der Waals surface area contributed by atoms with Crippen molar-refractivity contribution < 1.29 is 0 Å². The molecular weight excluding hydrogens is 284 g/mol. The Balaban J connectivity index is 1.88. The van der Waals surface area contributed by atoms with Gasteiger partial charge in [-0.3, -0.25) is 0 Å². The van der Waals surface area contributed by atoms with Crippen molar-refractivity contribution >= 4 is 11.0 Å². The Labute approximate surface area is 134 Å². The lowest BCUT2D eigenvalue weighted by atomic mass is 10.1. The van der Waals surface area contributed by atoms with E-state index in [-0.39, 0.29) is 0 Å². The van der Waals surface area contributed by atoms with Crippen molar-refractivity contribution in [1.29, 1.82) is 0 Å². The van der Waals surface area contributed by atoms with E-state index in [1.54, 1.807) is 0 Å². The SMILES string of the molecule is Cc1nc2ccccc2nc1-n1nc(-c2ccccc2)cc1C. The number of para-hydroxylation sites is 2. The molecule has 0 bridgehead atoms. The smallest absolute Gasteiger partial charge is 0.175 e. The average molecular weight is 300 g/mol. The maximum Gasteiger partial charge on any atom is 0.175 e. The molecule has 0 fully saturated rings. The highest BCUT2D eigenvalue weighted by Crippen LogP contribution is 2.22. The Hall–Kier alpha value is -3.01. The summed E-state index contributed by atoms with van der Waals surface area (Å²) in [7, 11) is 0. The summed E-state index contributed by atoms with van der Waals surface area (Å²) < 4.78 is 1.87. The van der Waals surface area contributed by atoms with Crippen LogP contribution in [-0.2, 0) is 0 Å². The number of aromatic nitrogens is 4. The van der Waals surface area contributed by atoms with E-state index in [1.807, 2.05) is 61.0 Å². The molecule has 0 aliphatic rings. The van der Waals surface area contributed by atoms with Crippen molar-refractivity contribution in [2.45, 2.75) is 13.8 Å². The first-order chi connectivity index (χ1) is 11.2. The summed E-state index contributed by atoms with van der Waals surface area (Å²) in [5.41, 5.74) is 5.73. The van der Waals surface area contributed by atoms with Crippen molar-refractivity contribution in [1.82, 2.24) is 19.7 Å². The van der Waals surface area contributed by atoms with Gasteiger partial charge in [-0.2, -0.15) is 5.10 Å². The Bertz CT molecular complexity index is 987. The molecule has 0 aliphatic heterocycles. The van der Waals surface area contributed by atoms with Crippen LogP contribution in [0.4, 0.5) is 0 Å². The molecule has 0 amide bonds. The fourth-order valence-corrected chi connectivity index (χ4v) is 2.72. The normalized spacial score (nSPS) is 11.0. The molecule has 4 rings (SSSR count). The van der Waals surface area contributed by atoms with E-state index in [1.165, 1.54) is 0 Å². The fraction of sp³-hybridized carbons (Fsp3) is 0.105. The molecule has 4 nitrogen and oxygen atoms in total.